The monoisotopic (exact) mass is 256 g/mol. The summed E-state index contributed by atoms with van der Waals surface area (Å²) < 4.78 is 0. The van der Waals surface area contributed by atoms with Crippen LogP contribution in [-0.4, -0.2) is 41.8 Å². The molecule has 0 radical (unpaired) electrons. The Morgan fingerprint density at radius 1 is 1.22 bits per heavy atom. The Morgan fingerprint density at radius 2 is 1.83 bits per heavy atom. The minimum atomic E-state index is 0.204. The van der Waals surface area contributed by atoms with Gasteiger partial charge in [-0.1, -0.05) is 39.5 Å². The molecule has 0 aromatic carbocycles. The molecular formula is C15H32N2O. The third-order valence-electron chi connectivity index (χ3n) is 4.42. The molecule has 1 saturated carbocycles. The average Bonchev–Trinajstić information content (AvgIpc) is 2.64. The van der Waals surface area contributed by atoms with Gasteiger partial charge in [-0.25, -0.2) is 0 Å². The van der Waals surface area contributed by atoms with Crippen LogP contribution in [0.1, 0.15) is 58.8 Å². The van der Waals surface area contributed by atoms with Gasteiger partial charge >= 0.3 is 0 Å². The molecule has 0 amide bonds. The molecule has 3 heteroatoms. The minimum Gasteiger partial charge on any atom is -0.396 e. The number of hydrogen-bond donors (Lipinski definition) is 2. The molecule has 1 aliphatic carbocycles. The van der Waals surface area contributed by atoms with Gasteiger partial charge in [0.1, 0.15) is 0 Å². The van der Waals surface area contributed by atoms with Crippen molar-refractivity contribution in [2.45, 2.75) is 64.3 Å². The number of hydrogen-bond acceptors (Lipinski definition) is 3. The summed E-state index contributed by atoms with van der Waals surface area (Å²) in [5, 5.41) is 9.30. The lowest BCUT2D eigenvalue weighted by Crippen LogP contribution is -2.55. The Balaban J connectivity index is 2.76. The van der Waals surface area contributed by atoms with Crippen molar-refractivity contribution in [1.29, 1.82) is 0 Å². The molecule has 0 saturated heterocycles. The predicted molar refractivity (Wildman–Crippen MR) is 77.6 cm³/mol. The summed E-state index contributed by atoms with van der Waals surface area (Å²) >= 11 is 0. The Morgan fingerprint density at radius 3 is 2.28 bits per heavy atom. The smallest absolute Gasteiger partial charge is 0.0468 e. The Hall–Kier alpha value is -0.120. The topological polar surface area (TPSA) is 49.5 Å². The van der Waals surface area contributed by atoms with Crippen LogP contribution >= 0.6 is 0 Å². The summed E-state index contributed by atoms with van der Waals surface area (Å²) in [6.07, 6.45) is 8.98. The van der Waals surface area contributed by atoms with Crippen molar-refractivity contribution in [2.75, 3.05) is 26.2 Å². The van der Waals surface area contributed by atoms with Gasteiger partial charge in [0.15, 0.2) is 0 Å². The Kier molecular flexibility index (Phi) is 7.20. The zero-order valence-corrected chi connectivity index (χ0v) is 12.3. The quantitative estimate of drug-likeness (QED) is 0.688. The molecule has 0 aromatic rings. The first-order valence-electron chi connectivity index (χ1n) is 7.74. The van der Waals surface area contributed by atoms with Crippen LogP contribution in [0.2, 0.25) is 0 Å². The highest BCUT2D eigenvalue weighted by Gasteiger charge is 2.35. The summed E-state index contributed by atoms with van der Waals surface area (Å²) in [7, 11) is 0. The third kappa shape index (κ3) is 4.22. The van der Waals surface area contributed by atoms with Crippen LogP contribution in [-0.2, 0) is 0 Å². The lowest BCUT2D eigenvalue weighted by Gasteiger charge is -2.44. The minimum absolute atomic E-state index is 0.204. The fourth-order valence-electron chi connectivity index (χ4n) is 3.26. The van der Waals surface area contributed by atoms with Gasteiger partial charge in [0, 0.05) is 25.2 Å². The summed E-state index contributed by atoms with van der Waals surface area (Å²) in [4.78, 5) is 2.58. The van der Waals surface area contributed by atoms with Crippen LogP contribution in [0, 0.1) is 5.92 Å². The molecular weight excluding hydrogens is 224 g/mol. The van der Waals surface area contributed by atoms with Gasteiger partial charge in [-0.3, -0.25) is 4.90 Å². The van der Waals surface area contributed by atoms with E-state index in [1.165, 1.54) is 44.9 Å². The van der Waals surface area contributed by atoms with Gasteiger partial charge < -0.3 is 10.8 Å². The van der Waals surface area contributed by atoms with E-state index in [0.29, 0.717) is 5.92 Å². The van der Waals surface area contributed by atoms with Crippen molar-refractivity contribution in [3.63, 3.8) is 0 Å². The van der Waals surface area contributed by atoms with E-state index >= 15 is 0 Å². The number of nitrogens with zero attached hydrogens (tertiary/aromatic N) is 1. The van der Waals surface area contributed by atoms with Crippen molar-refractivity contribution >= 4 is 0 Å². The van der Waals surface area contributed by atoms with Crippen molar-refractivity contribution in [2.24, 2.45) is 11.7 Å². The lowest BCUT2D eigenvalue weighted by atomic mass is 9.87. The maximum absolute atomic E-state index is 9.30. The Bertz CT molecular complexity index is 213. The zero-order valence-electron chi connectivity index (χ0n) is 12.3. The van der Waals surface area contributed by atoms with Gasteiger partial charge in [0.05, 0.1) is 0 Å². The van der Waals surface area contributed by atoms with Crippen LogP contribution in [0.4, 0.5) is 0 Å². The molecule has 0 spiro atoms. The number of aliphatic hydroxyl groups is 1. The van der Waals surface area contributed by atoms with E-state index < -0.39 is 0 Å². The second-order valence-corrected chi connectivity index (χ2v) is 6.08. The summed E-state index contributed by atoms with van der Waals surface area (Å²) in [6.45, 7) is 7.51. The maximum Gasteiger partial charge on any atom is 0.0468 e. The van der Waals surface area contributed by atoms with Crippen molar-refractivity contribution < 1.29 is 5.11 Å². The molecule has 3 N–H and O–H groups in total. The molecule has 0 aliphatic heterocycles. The summed E-state index contributed by atoms with van der Waals surface area (Å²) in [5.74, 6) is 0.350. The predicted octanol–water partition coefficient (Wildman–Crippen LogP) is 2.38. The van der Waals surface area contributed by atoms with Crippen molar-refractivity contribution in [3.05, 3.63) is 0 Å². The van der Waals surface area contributed by atoms with Crippen LogP contribution in [0.3, 0.4) is 0 Å². The average molecular weight is 256 g/mol. The van der Waals surface area contributed by atoms with Gasteiger partial charge in [0.25, 0.3) is 0 Å². The van der Waals surface area contributed by atoms with E-state index in [2.05, 4.69) is 18.7 Å². The largest absolute Gasteiger partial charge is 0.396 e. The highest BCUT2D eigenvalue weighted by Crippen LogP contribution is 2.32. The second-order valence-electron chi connectivity index (χ2n) is 6.08. The van der Waals surface area contributed by atoms with Crippen LogP contribution in [0.25, 0.3) is 0 Å². The number of rotatable bonds is 7. The highest BCUT2D eigenvalue weighted by molar-refractivity contribution is 4.93. The normalized spacial score (nSPS) is 21.8. The highest BCUT2D eigenvalue weighted by atomic mass is 16.3. The van der Waals surface area contributed by atoms with Crippen LogP contribution in [0.5, 0.6) is 0 Å². The van der Waals surface area contributed by atoms with E-state index in [1.54, 1.807) is 0 Å². The molecule has 0 heterocycles. The van der Waals surface area contributed by atoms with E-state index in [1.807, 2.05) is 0 Å². The third-order valence-corrected chi connectivity index (χ3v) is 4.42. The van der Waals surface area contributed by atoms with Gasteiger partial charge in [-0.15, -0.1) is 0 Å². The van der Waals surface area contributed by atoms with Gasteiger partial charge in [0.2, 0.25) is 0 Å². The standard InChI is InChI=1S/C15H32N2O/c1-3-10-17(11-14(2)12-18)15(13-16)8-6-4-5-7-9-15/h14,18H,3-13,16H2,1-2H3. The summed E-state index contributed by atoms with van der Waals surface area (Å²) in [6, 6.07) is 0. The van der Waals surface area contributed by atoms with E-state index in [0.717, 1.165) is 19.6 Å². The van der Waals surface area contributed by atoms with E-state index in [9.17, 15) is 5.11 Å². The molecule has 108 valence electrons. The molecule has 1 unspecified atom stereocenters. The molecule has 1 aliphatic rings. The second kappa shape index (κ2) is 8.13. The molecule has 0 aromatic heterocycles. The van der Waals surface area contributed by atoms with Crippen LogP contribution < -0.4 is 5.73 Å². The van der Waals surface area contributed by atoms with E-state index in [4.69, 9.17) is 5.73 Å². The maximum atomic E-state index is 9.30. The van der Waals surface area contributed by atoms with E-state index in [-0.39, 0.29) is 12.1 Å². The molecule has 0 bridgehead atoms. The molecule has 1 fully saturated rings. The molecule has 3 nitrogen and oxygen atoms in total. The summed E-state index contributed by atoms with van der Waals surface area (Å²) in [5.41, 5.74) is 6.36. The molecule has 1 atom stereocenters. The Labute approximate surface area is 113 Å². The zero-order chi connectivity index (χ0) is 13.4. The number of nitrogens with two attached hydrogens (primary N) is 1. The van der Waals surface area contributed by atoms with Gasteiger partial charge in [-0.05, 0) is 31.7 Å². The fourth-order valence-corrected chi connectivity index (χ4v) is 3.26. The van der Waals surface area contributed by atoms with Crippen LogP contribution in [0.15, 0.2) is 0 Å². The first kappa shape index (κ1) is 15.9. The fraction of sp³-hybridized carbons (Fsp3) is 1.00. The molecule has 18 heavy (non-hydrogen) atoms. The first-order valence-corrected chi connectivity index (χ1v) is 7.74. The van der Waals surface area contributed by atoms with Crippen molar-refractivity contribution in [1.82, 2.24) is 4.90 Å². The number of aliphatic hydroxyl groups excluding tert-OH is 1. The lowest BCUT2D eigenvalue weighted by molar-refractivity contribution is 0.0523. The van der Waals surface area contributed by atoms with Gasteiger partial charge in [-0.2, -0.15) is 0 Å². The molecule has 1 rings (SSSR count). The SMILES string of the molecule is CCCN(CC(C)CO)C1(CN)CCCCCC1. The first-order chi connectivity index (χ1) is 8.68. The van der Waals surface area contributed by atoms with Crippen molar-refractivity contribution in [3.8, 4) is 0 Å².